The lowest BCUT2D eigenvalue weighted by Gasteiger charge is -2.10. The van der Waals surface area contributed by atoms with E-state index in [1.165, 1.54) is 19.4 Å². The Labute approximate surface area is 160 Å². The highest BCUT2D eigenvalue weighted by Gasteiger charge is 2.08. The molecule has 2 aromatic rings. The molecule has 0 spiro atoms. The first-order chi connectivity index (χ1) is 11.9. The van der Waals surface area contributed by atoms with Crippen molar-refractivity contribution in [1.29, 1.82) is 0 Å². The molecule has 0 saturated heterocycles. The number of phenols is 2. The standard InChI is InChI=1S/C16H14Br2N2O5/c1-24-15-5-10(17)2-3-14(15)25-8-16(23)20-19-7-9-4-11(18)13(22)6-12(9)21/h2-7,21-22H,8H2,1H3,(H,20,23). The summed E-state index contributed by atoms with van der Waals surface area (Å²) in [6, 6.07) is 7.78. The number of methoxy groups -OCH3 is 1. The molecule has 0 unspecified atom stereocenters. The maximum Gasteiger partial charge on any atom is 0.277 e. The van der Waals surface area contributed by atoms with Gasteiger partial charge in [0.1, 0.15) is 11.5 Å². The third kappa shape index (κ3) is 5.36. The van der Waals surface area contributed by atoms with Crippen LogP contribution in [0.1, 0.15) is 5.56 Å². The Kier molecular flexibility index (Phi) is 6.65. The van der Waals surface area contributed by atoms with Gasteiger partial charge in [0.25, 0.3) is 5.91 Å². The minimum absolute atomic E-state index is 0.101. The lowest BCUT2D eigenvalue weighted by Crippen LogP contribution is -2.24. The molecule has 1 amide bonds. The summed E-state index contributed by atoms with van der Waals surface area (Å²) in [5.74, 6) is 0.151. The molecule has 132 valence electrons. The fourth-order valence-corrected chi connectivity index (χ4v) is 2.48. The van der Waals surface area contributed by atoms with E-state index in [-0.39, 0.29) is 18.1 Å². The van der Waals surface area contributed by atoms with Gasteiger partial charge in [-0.1, -0.05) is 15.9 Å². The zero-order valence-electron chi connectivity index (χ0n) is 13.0. The molecule has 2 rings (SSSR count). The van der Waals surface area contributed by atoms with E-state index in [9.17, 15) is 15.0 Å². The van der Waals surface area contributed by atoms with Crippen LogP contribution in [0.5, 0.6) is 23.0 Å². The van der Waals surface area contributed by atoms with Crippen molar-refractivity contribution in [3.8, 4) is 23.0 Å². The number of hydrogen-bond acceptors (Lipinski definition) is 6. The van der Waals surface area contributed by atoms with E-state index in [4.69, 9.17) is 9.47 Å². The number of halogens is 2. The van der Waals surface area contributed by atoms with Gasteiger partial charge in [-0.3, -0.25) is 4.79 Å². The molecule has 0 heterocycles. The normalized spacial score (nSPS) is 10.7. The number of hydrogen-bond donors (Lipinski definition) is 3. The number of nitrogens with zero attached hydrogens (tertiary/aromatic N) is 1. The van der Waals surface area contributed by atoms with Crippen molar-refractivity contribution >= 4 is 44.0 Å². The summed E-state index contributed by atoms with van der Waals surface area (Å²) in [5, 5.41) is 22.8. The second kappa shape index (κ2) is 8.72. The van der Waals surface area contributed by atoms with Gasteiger partial charge in [0.2, 0.25) is 0 Å². The van der Waals surface area contributed by atoms with Crippen molar-refractivity contribution < 1.29 is 24.5 Å². The molecule has 7 nitrogen and oxygen atoms in total. The Balaban J connectivity index is 1.92. The maximum absolute atomic E-state index is 11.8. The number of benzene rings is 2. The predicted molar refractivity (Wildman–Crippen MR) is 99.4 cm³/mol. The first-order valence-electron chi connectivity index (χ1n) is 6.90. The lowest BCUT2D eigenvalue weighted by molar-refractivity contribution is -0.123. The predicted octanol–water partition coefficient (Wildman–Crippen LogP) is 3.16. The van der Waals surface area contributed by atoms with Crippen LogP contribution in [-0.4, -0.2) is 36.1 Å². The van der Waals surface area contributed by atoms with Gasteiger partial charge in [0.05, 0.1) is 17.8 Å². The Hall–Kier alpha value is -2.26. The monoisotopic (exact) mass is 472 g/mol. The number of amides is 1. The first kappa shape index (κ1) is 19.1. The number of ether oxygens (including phenoxy) is 2. The van der Waals surface area contributed by atoms with E-state index in [1.54, 1.807) is 18.2 Å². The van der Waals surface area contributed by atoms with Gasteiger partial charge in [0.15, 0.2) is 18.1 Å². The average Bonchev–Trinajstić information content (AvgIpc) is 2.58. The third-order valence-electron chi connectivity index (χ3n) is 2.97. The quantitative estimate of drug-likeness (QED) is 0.442. The van der Waals surface area contributed by atoms with Crippen LogP contribution in [0.3, 0.4) is 0 Å². The summed E-state index contributed by atoms with van der Waals surface area (Å²) >= 11 is 6.44. The van der Waals surface area contributed by atoms with E-state index < -0.39 is 5.91 Å². The van der Waals surface area contributed by atoms with Crippen LogP contribution in [0.2, 0.25) is 0 Å². The summed E-state index contributed by atoms with van der Waals surface area (Å²) < 4.78 is 11.8. The molecule has 0 aliphatic rings. The Morgan fingerprint density at radius 2 is 1.96 bits per heavy atom. The van der Waals surface area contributed by atoms with Crippen LogP contribution in [0.4, 0.5) is 0 Å². The molecule has 3 N–H and O–H groups in total. The summed E-state index contributed by atoms with van der Waals surface area (Å²) in [5.41, 5.74) is 2.60. The molecule has 0 atom stereocenters. The van der Waals surface area contributed by atoms with E-state index >= 15 is 0 Å². The van der Waals surface area contributed by atoms with E-state index in [0.29, 0.717) is 21.5 Å². The number of carbonyl (C=O) groups excluding carboxylic acids is 1. The first-order valence-corrected chi connectivity index (χ1v) is 8.49. The highest BCUT2D eigenvalue weighted by atomic mass is 79.9. The molecule has 0 saturated carbocycles. The van der Waals surface area contributed by atoms with Crippen molar-refractivity contribution in [2.24, 2.45) is 5.10 Å². The van der Waals surface area contributed by atoms with Gasteiger partial charge < -0.3 is 19.7 Å². The highest BCUT2D eigenvalue weighted by Crippen LogP contribution is 2.31. The molecular formula is C16H14Br2N2O5. The summed E-state index contributed by atoms with van der Waals surface area (Å²) in [6.45, 7) is -0.263. The summed E-state index contributed by atoms with van der Waals surface area (Å²) in [7, 11) is 1.50. The molecule has 25 heavy (non-hydrogen) atoms. The molecule has 0 bridgehead atoms. The fraction of sp³-hybridized carbons (Fsp3) is 0.125. The fourth-order valence-electron chi connectivity index (χ4n) is 1.78. The van der Waals surface area contributed by atoms with Crippen LogP contribution in [0.25, 0.3) is 0 Å². The van der Waals surface area contributed by atoms with Gasteiger partial charge >= 0.3 is 0 Å². The molecular weight excluding hydrogens is 460 g/mol. The second-order valence-corrected chi connectivity index (χ2v) is 6.51. The number of phenolic OH excluding ortho intramolecular Hbond substituents is 2. The molecule has 2 aromatic carbocycles. The van der Waals surface area contributed by atoms with Crippen molar-refractivity contribution in [2.75, 3.05) is 13.7 Å². The Morgan fingerprint density at radius 3 is 2.68 bits per heavy atom. The van der Waals surface area contributed by atoms with Gasteiger partial charge in [-0.05, 0) is 40.2 Å². The van der Waals surface area contributed by atoms with Crippen LogP contribution < -0.4 is 14.9 Å². The number of rotatable bonds is 6. The molecule has 9 heteroatoms. The summed E-state index contributed by atoms with van der Waals surface area (Å²) in [6.07, 6.45) is 1.25. The van der Waals surface area contributed by atoms with Gasteiger partial charge in [0, 0.05) is 16.1 Å². The maximum atomic E-state index is 11.8. The highest BCUT2D eigenvalue weighted by molar-refractivity contribution is 9.10. The molecule has 0 fully saturated rings. The number of nitrogens with one attached hydrogen (secondary N) is 1. The van der Waals surface area contributed by atoms with E-state index in [1.807, 2.05) is 0 Å². The van der Waals surface area contributed by atoms with Crippen molar-refractivity contribution in [3.05, 3.63) is 44.8 Å². The zero-order chi connectivity index (χ0) is 18.4. The van der Waals surface area contributed by atoms with Crippen LogP contribution in [-0.2, 0) is 4.79 Å². The molecule has 0 aliphatic carbocycles. The largest absolute Gasteiger partial charge is 0.507 e. The Bertz CT molecular complexity index is 811. The summed E-state index contributed by atoms with van der Waals surface area (Å²) in [4.78, 5) is 11.8. The SMILES string of the molecule is COc1cc(Br)ccc1OCC(=O)NN=Cc1cc(Br)c(O)cc1O. The zero-order valence-corrected chi connectivity index (χ0v) is 16.2. The molecule has 0 aromatic heterocycles. The van der Waals surface area contributed by atoms with Crippen molar-refractivity contribution in [2.45, 2.75) is 0 Å². The smallest absolute Gasteiger partial charge is 0.277 e. The number of hydrazone groups is 1. The van der Waals surface area contributed by atoms with E-state index in [2.05, 4.69) is 42.4 Å². The van der Waals surface area contributed by atoms with Gasteiger partial charge in [-0.15, -0.1) is 0 Å². The number of aromatic hydroxyl groups is 2. The van der Waals surface area contributed by atoms with Gasteiger partial charge in [-0.2, -0.15) is 5.10 Å². The van der Waals surface area contributed by atoms with Crippen molar-refractivity contribution in [3.63, 3.8) is 0 Å². The topological polar surface area (TPSA) is 100 Å². The van der Waals surface area contributed by atoms with Crippen LogP contribution >= 0.6 is 31.9 Å². The minimum Gasteiger partial charge on any atom is -0.507 e. The minimum atomic E-state index is -0.487. The lowest BCUT2D eigenvalue weighted by atomic mass is 10.2. The Morgan fingerprint density at radius 1 is 1.20 bits per heavy atom. The molecule has 0 radical (unpaired) electrons. The van der Waals surface area contributed by atoms with Crippen LogP contribution in [0, 0.1) is 0 Å². The van der Waals surface area contributed by atoms with Crippen molar-refractivity contribution in [1.82, 2.24) is 5.43 Å². The third-order valence-corrected chi connectivity index (χ3v) is 4.10. The average molecular weight is 474 g/mol. The number of carbonyl (C=O) groups is 1. The van der Waals surface area contributed by atoms with Gasteiger partial charge in [-0.25, -0.2) is 5.43 Å². The van der Waals surface area contributed by atoms with Crippen LogP contribution in [0.15, 0.2) is 44.4 Å². The van der Waals surface area contributed by atoms with E-state index in [0.717, 1.165) is 10.5 Å². The molecule has 0 aliphatic heterocycles. The second-order valence-electron chi connectivity index (χ2n) is 4.74.